The first-order valence-electron chi connectivity index (χ1n) is 8.46. The first kappa shape index (κ1) is 12.0. The van der Waals surface area contributed by atoms with Gasteiger partial charge in [-0.25, -0.2) is 9.13 Å². The molecular formula is C19H23N2+. The first-order valence-corrected chi connectivity index (χ1v) is 8.46. The van der Waals surface area contributed by atoms with Crippen molar-refractivity contribution in [3.05, 3.63) is 49.1 Å². The summed E-state index contributed by atoms with van der Waals surface area (Å²) in [5.74, 6) is 3.01. The van der Waals surface area contributed by atoms with E-state index in [9.17, 15) is 0 Å². The molecule has 0 atom stereocenters. The molecule has 2 aromatic rings. The van der Waals surface area contributed by atoms with Crippen molar-refractivity contribution >= 4 is 0 Å². The Kier molecular flexibility index (Phi) is 2.42. The summed E-state index contributed by atoms with van der Waals surface area (Å²) in [6.45, 7) is 0. The largest absolute Gasteiger partial charge is 0.249 e. The summed E-state index contributed by atoms with van der Waals surface area (Å²) in [5.41, 5.74) is 1.70. The maximum absolute atomic E-state index is 2.56. The van der Waals surface area contributed by atoms with E-state index in [1.165, 1.54) is 44.2 Å². The number of hydrogen-bond donors (Lipinski definition) is 0. The zero-order valence-electron chi connectivity index (χ0n) is 12.5. The zero-order chi connectivity index (χ0) is 13.9. The maximum Gasteiger partial charge on any atom is 0.249 e. The van der Waals surface area contributed by atoms with Crippen LogP contribution in [0.2, 0.25) is 0 Å². The summed E-state index contributed by atoms with van der Waals surface area (Å²) in [4.78, 5) is 0. The van der Waals surface area contributed by atoms with Gasteiger partial charge in [0.25, 0.3) is 0 Å². The van der Waals surface area contributed by atoms with Crippen molar-refractivity contribution in [1.29, 1.82) is 0 Å². The molecule has 0 N–H and O–H groups in total. The third-order valence-corrected chi connectivity index (χ3v) is 6.24. The summed E-state index contributed by atoms with van der Waals surface area (Å²) in [5, 5.41) is 0. The molecule has 4 aliphatic rings. The van der Waals surface area contributed by atoms with Gasteiger partial charge in [-0.05, 0) is 68.4 Å². The number of hydrogen-bond acceptors (Lipinski definition) is 0. The number of benzene rings is 1. The summed E-state index contributed by atoms with van der Waals surface area (Å²) in [6.07, 6.45) is 15.7. The Morgan fingerprint density at radius 2 is 1.52 bits per heavy atom. The van der Waals surface area contributed by atoms with Crippen LogP contribution in [0.5, 0.6) is 0 Å². The molecule has 108 valence electrons. The predicted octanol–water partition coefficient (Wildman–Crippen LogP) is 3.69. The fourth-order valence-corrected chi connectivity index (χ4v) is 5.77. The van der Waals surface area contributed by atoms with Gasteiger partial charge in [-0.1, -0.05) is 18.2 Å². The van der Waals surface area contributed by atoms with E-state index < -0.39 is 0 Å². The van der Waals surface area contributed by atoms with Crippen LogP contribution in [0.15, 0.2) is 49.1 Å². The molecule has 0 aliphatic heterocycles. The van der Waals surface area contributed by atoms with Crippen molar-refractivity contribution in [2.24, 2.45) is 17.8 Å². The third kappa shape index (κ3) is 1.81. The second kappa shape index (κ2) is 4.22. The van der Waals surface area contributed by atoms with E-state index in [1.807, 2.05) is 0 Å². The predicted molar refractivity (Wildman–Crippen MR) is 82.1 cm³/mol. The van der Waals surface area contributed by atoms with E-state index in [2.05, 4.69) is 58.2 Å². The van der Waals surface area contributed by atoms with Crippen LogP contribution in [0.1, 0.15) is 38.5 Å². The van der Waals surface area contributed by atoms with Crippen LogP contribution in [-0.4, -0.2) is 4.57 Å². The van der Waals surface area contributed by atoms with Gasteiger partial charge in [-0.15, -0.1) is 0 Å². The van der Waals surface area contributed by atoms with Crippen LogP contribution < -0.4 is 4.57 Å². The molecule has 1 aromatic carbocycles. The molecule has 2 heteroatoms. The first-order chi connectivity index (χ1) is 10.3. The monoisotopic (exact) mass is 279 g/mol. The van der Waals surface area contributed by atoms with Crippen molar-refractivity contribution in [2.75, 3.05) is 0 Å². The van der Waals surface area contributed by atoms with Gasteiger partial charge in [0, 0.05) is 0 Å². The molecular weight excluding hydrogens is 256 g/mol. The summed E-state index contributed by atoms with van der Waals surface area (Å²) >= 11 is 0. The lowest BCUT2D eigenvalue weighted by Crippen LogP contribution is -2.64. The number of nitrogens with zero attached hydrogens (tertiary/aromatic N) is 2. The molecule has 2 nitrogen and oxygen atoms in total. The Labute approximate surface area is 126 Å². The van der Waals surface area contributed by atoms with Crippen LogP contribution in [0.4, 0.5) is 0 Å². The van der Waals surface area contributed by atoms with E-state index >= 15 is 0 Å². The fraction of sp³-hybridized carbons (Fsp3) is 0.526. The number of aromatic nitrogens is 2. The lowest BCUT2D eigenvalue weighted by molar-refractivity contribution is -0.776. The minimum atomic E-state index is 0.439. The second-order valence-corrected chi connectivity index (χ2v) is 7.71. The highest BCUT2D eigenvalue weighted by molar-refractivity contribution is 5.30. The van der Waals surface area contributed by atoms with Gasteiger partial charge in [0.05, 0.1) is 0 Å². The third-order valence-electron chi connectivity index (χ3n) is 6.24. The van der Waals surface area contributed by atoms with Gasteiger partial charge in [0.2, 0.25) is 6.33 Å². The van der Waals surface area contributed by atoms with Crippen molar-refractivity contribution in [1.82, 2.24) is 4.57 Å². The lowest BCUT2D eigenvalue weighted by Gasteiger charge is -2.54. The normalized spacial score (nSPS) is 37.0. The topological polar surface area (TPSA) is 8.81 Å². The Hall–Kier alpha value is -1.57. The van der Waals surface area contributed by atoms with E-state index in [0.29, 0.717) is 5.54 Å². The van der Waals surface area contributed by atoms with Crippen LogP contribution in [0, 0.1) is 17.8 Å². The molecule has 4 fully saturated rings. The highest BCUT2D eigenvalue weighted by atomic mass is 15.2. The average Bonchev–Trinajstić information content (AvgIpc) is 2.97. The quantitative estimate of drug-likeness (QED) is 0.741. The molecule has 4 saturated carbocycles. The number of imidazole rings is 1. The summed E-state index contributed by atoms with van der Waals surface area (Å²) in [7, 11) is 0. The van der Waals surface area contributed by atoms with E-state index in [-0.39, 0.29) is 0 Å². The average molecular weight is 279 g/mol. The highest BCUT2D eigenvalue weighted by Crippen LogP contribution is 2.56. The number of para-hydroxylation sites is 1. The highest BCUT2D eigenvalue weighted by Gasteiger charge is 2.54. The van der Waals surface area contributed by atoms with E-state index in [1.54, 1.807) is 0 Å². The minimum Gasteiger partial charge on any atom is -0.231 e. The molecule has 0 spiro atoms. The molecule has 1 aromatic heterocycles. The van der Waals surface area contributed by atoms with Crippen molar-refractivity contribution < 1.29 is 4.57 Å². The van der Waals surface area contributed by atoms with Crippen LogP contribution in [0.3, 0.4) is 0 Å². The van der Waals surface area contributed by atoms with Gasteiger partial charge in [-0.3, -0.25) is 0 Å². The van der Waals surface area contributed by atoms with Crippen LogP contribution >= 0.6 is 0 Å². The Balaban J connectivity index is 1.52. The van der Waals surface area contributed by atoms with Gasteiger partial charge >= 0.3 is 0 Å². The number of rotatable bonds is 2. The van der Waals surface area contributed by atoms with Crippen LogP contribution in [0.25, 0.3) is 5.69 Å². The minimum absolute atomic E-state index is 0.439. The molecule has 4 bridgehead atoms. The molecule has 0 amide bonds. The van der Waals surface area contributed by atoms with Crippen LogP contribution in [-0.2, 0) is 5.54 Å². The standard InChI is InChI=1S/C19H23N2/c1-2-4-18(5-3-1)20-6-7-21(14-20)19-11-15-8-16(12-19)10-17(9-15)13-19/h1-7,14-17H,8-13H2/q+1. The van der Waals surface area contributed by atoms with Crippen molar-refractivity contribution in [3.63, 3.8) is 0 Å². The Morgan fingerprint density at radius 3 is 2.14 bits per heavy atom. The molecule has 21 heavy (non-hydrogen) atoms. The summed E-state index contributed by atoms with van der Waals surface area (Å²) in [6, 6.07) is 10.7. The Bertz CT molecular complexity index is 620. The maximum atomic E-state index is 2.56. The lowest BCUT2D eigenvalue weighted by atomic mass is 9.53. The van der Waals surface area contributed by atoms with Gasteiger partial charge in [0.15, 0.2) is 0 Å². The molecule has 0 saturated heterocycles. The molecule has 6 rings (SSSR count). The van der Waals surface area contributed by atoms with Gasteiger partial charge in [0.1, 0.15) is 23.6 Å². The van der Waals surface area contributed by atoms with E-state index in [4.69, 9.17) is 0 Å². The molecule has 1 heterocycles. The van der Waals surface area contributed by atoms with Crippen molar-refractivity contribution in [2.45, 2.75) is 44.1 Å². The smallest absolute Gasteiger partial charge is 0.231 e. The Morgan fingerprint density at radius 1 is 0.905 bits per heavy atom. The fourth-order valence-electron chi connectivity index (χ4n) is 5.77. The van der Waals surface area contributed by atoms with Gasteiger partial charge in [-0.2, -0.15) is 0 Å². The summed E-state index contributed by atoms with van der Waals surface area (Å²) < 4.78 is 4.84. The van der Waals surface area contributed by atoms with Crippen molar-refractivity contribution in [3.8, 4) is 5.69 Å². The van der Waals surface area contributed by atoms with E-state index in [0.717, 1.165) is 17.8 Å². The molecule has 0 radical (unpaired) electrons. The zero-order valence-corrected chi connectivity index (χ0v) is 12.5. The van der Waals surface area contributed by atoms with Gasteiger partial charge < -0.3 is 0 Å². The SMILES string of the molecule is c1ccc(-n2cc[n+](C34CC5CC(CC(C5)C3)C4)c2)cc1. The molecule has 0 unspecified atom stereocenters. The molecule has 4 aliphatic carbocycles. The second-order valence-electron chi connectivity index (χ2n) is 7.71.